The van der Waals surface area contributed by atoms with Crippen LogP contribution in [0, 0.1) is 0 Å². The predicted octanol–water partition coefficient (Wildman–Crippen LogP) is 1.66. The Morgan fingerprint density at radius 2 is 2.35 bits per heavy atom. The molecule has 2 rings (SSSR count). The quantitative estimate of drug-likeness (QED) is 0.801. The number of rotatable bonds is 5. The van der Waals surface area contributed by atoms with E-state index in [2.05, 4.69) is 11.9 Å². The molecule has 1 fully saturated rings. The molecular weight excluding hydrogens is 254 g/mol. The zero-order chi connectivity index (χ0) is 14.5. The van der Waals surface area contributed by atoms with Gasteiger partial charge >= 0.3 is 0 Å². The summed E-state index contributed by atoms with van der Waals surface area (Å²) in [5.41, 5.74) is 7.16. The first-order chi connectivity index (χ1) is 9.61. The van der Waals surface area contributed by atoms with Crippen molar-refractivity contribution in [3.63, 3.8) is 0 Å². The van der Waals surface area contributed by atoms with Gasteiger partial charge < -0.3 is 16.0 Å². The molecule has 0 saturated carbocycles. The van der Waals surface area contributed by atoms with Crippen molar-refractivity contribution in [2.75, 3.05) is 16.8 Å². The Morgan fingerprint density at radius 1 is 1.55 bits per heavy atom. The van der Waals surface area contributed by atoms with Crippen LogP contribution in [0.2, 0.25) is 0 Å². The second kappa shape index (κ2) is 6.34. The predicted molar refractivity (Wildman–Crippen MR) is 79.4 cm³/mol. The molecule has 5 heteroatoms. The van der Waals surface area contributed by atoms with Gasteiger partial charge in [0.25, 0.3) is 0 Å². The van der Waals surface area contributed by atoms with Gasteiger partial charge in [-0.15, -0.1) is 6.58 Å². The van der Waals surface area contributed by atoms with Gasteiger partial charge in [0.15, 0.2) is 0 Å². The summed E-state index contributed by atoms with van der Waals surface area (Å²) in [4.78, 5) is 25.3. The van der Waals surface area contributed by atoms with Gasteiger partial charge in [-0.25, -0.2) is 0 Å². The molecule has 1 aromatic rings. The standard InChI is InChI=1S/C15H19N3O2/c1-2-5-13(16)15(20)17-11-6-3-7-12(10-11)18-9-4-8-14(18)19/h2-3,6-7,10,13H,1,4-5,8-9,16H2,(H,17,20). The third-order valence-corrected chi connectivity index (χ3v) is 3.26. The number of hydrogen-bond donors (Lipinski definition) is 2. The van der Waals surface area contributed by atoms with Gasteiger partial charge in [-0.3, -0.25) is 9.59 Å². The molecule has 0 radical (unpaired) electrons. The lowest BCUT2D eigenvalue weighted by Crippen LogP contribution is -2.35. The monoisotopic (exact) mass is 273 g/mol. The Labute approximate surface area is 118 Å². The average molecular weight is 273 g/mol. The molecule has 1 unspecified atom stereocenters. The van der Waals surface area contributed by atoms with Crippen molar-refractivity contribution in [3.05, 3.63) is 36.9 Å². The smallest absolute Gasteiger partial charge is 0.241 e. The van der Waals surface area contributed by atoms with Crippen LogP contribution in [0.15, 0.2) is 36.9 Å². The molecule has 3 N–H and O–H groups in total. The molecule has 106 valence electrons. The third-order valence-electron chi connectivity index (χ3n) is 3.26. The van der Waals surface area contributed by atoms with E-state index in [0.29, 0.717) is 18.5 Å². The van der Waals surface area contributed by atoms with Crippen molar-refractivity contribution in [2.24, 2.45) is 5.73 Å². The maximum absolute atomic E-state index is 11.8. The highest BCUT2D eigenvalue weighted by molar-refractivity contribution is 5.98. The van der Waals surface area contributed by atoms with Crippen LogP contribution in [-0.4, -0.2) is 24.4 Å². The lowest BCUT2D eigenvalue weighted by molar-refractivity contribution is -0.117. The van der Waals surface area contributed by atoms with Crippen molar-refractivity contribution in [3.8, 4) is 0 Å². The van der Waals surface area contributed by atoms with E-state index in [0.717, 1.165) is 18.7 Å². The average Bonchev–Trinajstić information content (AvgIpc) is 2.85. The summed E-state index contributed by atoms with van der Waals surface area (Å²) in [6.45, 7) is 4.29. The van der Waals surface area contributed by atoms with Gasteiger partial charge in [0.05, 0.1) is 6.04 Å². The molecule has 1 aliphatic rings. The minimum atomic E-state index is -0.607. The first-order valence-electron chi connectivity index (χ1n) is 6.69. The Bertz CT molecular complexity index is 528. The van der Waals surface area contributed by atoms with E-state index in [4.69, 9.17) is 5.73 Å². The highest BCUT2D eigenvalue weighted by Crippen LogP contribution is 2.24. The highest BCUT2D eigenvalue weighted by atomic mass is 16.2. The van der Waals surface area contributed by atoms with E-state index in [1.165, 1.54) is 0 Å². The fourth-order valence-corrected chi connectivity index (χ4v) is 2.19. The zero-order valence-corrected chi connectivity index (χ0v) is 11.3. The van der Waals surface area contributed by atoms with E-state index in [1.54, 1.807) is 23.1 Å². The first-order valence-corrected chi connectivity index (χ1v) is 6.69. The summed E-state index contributed by atoms with van der Waals surface area (Å²) < 4.78 is 0. The minimum Gasteiger partial charge on any atom is -0.325 e. The van der Waals surface area contributed by atoms with Gasteiger partial charge in [0, 0.05) is 24.3 Å². The van der Waals surface area contributed by atoms with Crippen LogP contribution in [0.25, 0.3) is 0 Å². The van der Waals surface area contributed by atoms with E-state index in [9.17, 15) is 9.59 Å². The largest absolute Gasteiger partial charge is 0.325 e. The minimum absolute atomic E-state index is 0.122. The van der Waals surface area contributed by atoms with E-state index >= 15 is 0 Å². The molecule has 0 aromatic heterocycles. The van der Waals surface area contributed by atoms with Crippen LogP contribution < -0.4 is 16.0 Å². The normalized spacial score (nSPS) is 16.1. The number of carbonyl (C=O) groups excluding carboxylic acids is 2. The van der Waals surface area contributed by atoms with Gasteiger partial charge in [-0.2, -0.15) is 0 Å². The maximum Gasteiger partial charge on any atom is 0.241 e. The van der Waals surface area contributed by atoms with E-state index in [1.807, 2.05) is 12.1 Å². The van der Waals surface area contributed by atoms with Crippen molar-refractivity contribution in [1.82, 2.24) is 0 Å². The number of benzene rings is 1. The first kappa shape index (κ1) is 14.3. The molecule has 1 heterocycles. The van der Waals surface area contributed by atoms with Crippen molar-refractivity contribution < 1.29 is 9.59 Å². The summed E-state index contributed by atoms with van der Waals surface area (Å²) >= 11 is 0. The molecule has 2 amide bonds. The van der Waals surface area contributed by atoms with Gasteiger partial charge in [0.2, 0.25) is 11.8 Å². The number of hydrogen-bond acceptors (Lipinski definition) is 3. The fourth-order valence-electron chi connectivity index (χ4n) is 2.19. The molecule has 0 bridgehead atoms. The van der Waals surface area contributed by atoms with Crippen LogP contribution in [0.1, 0.15) is 19.3 Å². The Morgan fingerprint density at radius 3 is 3.00 bits per heavy atom. The Kier molecular flexibility index (Phi) is 4.53. The van der Waals surface area contributed by atoms with Crippen molar-refractivity contribution in [1.29, 1.82) is 0 Å². The fraction of sp³-hybridized carbons (Fsp3) is 0.333. The number of nitrogens with one attached hydrogen (secondary N) is 1. The Hall–Kier alpha value is -2.14. The lowest BCUT2D eigenvalue weighted by atomic mass is 10.2. The molecular formula is C15H19N3O2. The van der Waals surface area contributed by atoms with Crippen molar-refractivity contribution in [2.45, 2.75) is 25.3 Å². The number of anilines is 2. The molecule has 1 aromatic carbocycles. The van der Waals surface area contributed by atoms with Crippen LogP contribution in [0.4, 0.5) is 11.4 Å². The number of carbonyl (C=O) groups is 2. The second-order valence-corrected chi connectivity index (χ2v) is 4.82. The lowest BCUT2D eigenvalue weighted by Gasteiger charge is -2.17. The van der Waals surface area contributed by atoms with Crippen molar-refractivity contribution >= 4 is 23.2 Å². The number of amides is 2. The summed E-state index contributed by atoms with van der Waals surface area (Å²) in [7, 11) is 0. The third kappa shape index (κ3) is 3.24. The molecule has 0 spiro atoms. The van der Waals surface area contributed by atoms with E-state index in [-0.39, 0.29) is 11.8 Å². The topological polar surface area (TPSA) is 75.4 Å². The van der Waals surface area contributed by atoms with Gasteiger partial charge in [-0.1, -0.05) is 12.1 Å². The molecule has 1 aliphatic heterocycles. The van der Waals surface area contributed by atoms with Gasteiger partial charge in [0.1, 0.15) is 0 Å². The zero-order valence-electron chi connectivity index (χ0n) is 11.3. The van der Waals surface area contributed by atoms with Gasteiger partial charge in [-0.05, 0) is 31.0 Å². The summed E-state index contributed by atoms with van der Waals surface area (Å²) in [6, 6.07) is 6.65. The SMILES string of the molecule is C=CCC(N)C(=O)Nc1cccc(N2CCCC2=O)c1. The van der Waals surface area contributed by atoms with Crippen LogP contribution in [0.5, 0.6) is 0 Å². The number of nitrogens with two attached hydrogens (primary N) is 1. The highest BCUT2D eigenvalue weighted by Gasteiger charge is 2.22. The van der Waals surface area contributed by atoms with Crippen LogP contribution in [-0.2, 0) is 9.59 Å². The molecule has 0 aliphatic carbocycles. The molecule has 20 heavy (non-hydrogen) atoms. The summed E-state index contributed by atoms with van der Waals surface area (Å²) in [6.07, 6.45) is 3.50. The second-order valence-electron chi connectivity index (χ2n) is 4.82. The summed E-state index contributed by atoms with van der Waals surface area (Å²) in [5.74, 6) is -0.133. The molecule has 5 nitrogen and oxygen atoms in total. The van der Waals surface area contributed by atoms with Crippen LogP contribution >= 0.6 is 0 Å². The molecule has 1 atom stereocenters. The maximum atomic E-state index is 11.8. The van der Waals surface area contributed by atoms with Crippen LogP contribution in [0.3, 0.4) is 0 Å². The number of nitrogens with zero attached hydrogens (tertiary/aromatic N) is 1. The van der Waals surface area contributed by atoms with E-state index < -0.39 is 6.04 Å². The molecule has 1 saturated heterocycles. The summed E-state index contributed by atoms with van der Waals surface area (Å²) in [5, 5.41) is 2.76. The Balaban J connectivity index is 2.08.